The third-order valence-electron chi connectivity index (χ3n) is 3.14. The zero-order chi connectivity index (χ0) is 13.9. The molecule has 1 aromatic heterocycles. The van der Waals surface area contributed by atoms with Crippen molar-refractivity contribution in [3.8, 4) is 11.5 Å². The number of hydrogen-bond donors (Lipinski definition) is 1. The zero-order valence-corrected chi connectivity index (χ0v) is 11.1. The van der Waals surface area contributed by atoms with Gasteiger partial charge in [-0.25, -0.2) is 0 Å². The van der Waals surface area contributed by atoms with Gasteiger partial charge in [0.15, 0.2) is 5.82 Å². The molecule has 0 spiro atoms. The molecule has 0 aliphatic carbocycles. The van der Waals surface area contributed by atoms with Gasteiger partial charge in [-0.2, -0.15) is 4.98 Å². The fourth-order valence-electron chi connectivity index (χ4n) is 2.16. The van der Waals surface area contributed by atoms with Crippen LogP contribution in [0.4, 0.5) is 0 Å². The Morgan fingerprint density at radius 3 is 2.85 bits per heavy atom. The van der Waals surface area contributed by atoms with Crippen molar-refractivity contribution in [2.24, 2.45) is 5.73 Å². The van der Waals surface area contributed by atoms with Crippen LogP contribution < -0.4 is 5.73 Å². The quantitative estimate of drug-likeness (QED) is 0.787. The van der Waals surface area contributed by atoms with Gasteiger partial charge in [-0.15, -0.1) is 0 Å². The number of hydrogen-bond acceptors (Lipinski definition) is 5. The molecule has 3 rings (SSSR count). The number of methoxy groups -OCH3 is 1. The maximum Gasteiger partial charge on any atom is 0.258 e. The normalized spacial score (nSPS) is 12.7. The Balaban J connectivity index is 2.03. The summed E-state index contributed by atoms with van der Waals surface area (Å²) in [5.74, 6) is 0.929. The number of benzene rings is 2. The minimum Gasteiger partial charge on any atom is -0.383 e. The maximum atomic E-state index is 5.90. The molecule has 0 aliphatic rings. The Morgan fingerprint density at radius 2 is 2.00 bits per heavy atom. The highest BCUT2D eigenvalue weighted by Gasteiger charge is 2.16. The second-order valence-corrected chi connectivity index (χ2v) is 4.55. The van der Waals surface area contributed by atoms with E-state index in [0.29, 0.717) is 18.3 Å². The number of ether oxygens (including phenoxy) is 1. The Morgan fingerprint density at radius 1 is 1.20 bits per heavy atom. The first kappa shape index (κ1) is 12.8. The summed E-state index contributed by atoms with van der Waals surface area (Å²) < 4.78 is 10.3. The molecular formula is C15H15N3O2. The summed E-state index contributed by atoms with van der Waals surface area (Å²) in [5.41, 5.74) is 6.81. The molecule has 102 valence electrons. The standard InChI is InChI=1S/C15H15N3O2/c1-19-9-13(16)14-17-15(20-18-14)12-8-4-6-10-5-2-3-7-11(10)12/h2-8,13H,9,16H2,1H3. The van der Waals surface area contributed by atoms with E-state index in [1.165, 1.54) is 0 Å². The highest BCUT2D eigenvalue weighted by Crippen LogP contribution is 2.27. The van der Waals surface area contributed by atoms with Gasteiger partial charge >= 0.3 is 0 Å². The smallest absolute Gasteiger partial charge is 0.258 e. The monoisotopic (exact) mass is 269 g/mol. The number of nitrogens with zero attached hydrogens (tertiary/aromatic N) is 2. The van der Waals surface area contributed by atoms with Gasteiger partial charge in [0.05, 0.1) is 12.6 Å². The van der Waals surface area contributed by atoms with Crippen LogP contribution in [0.1, 0.15) is 11.9 Å². The van der Waals surface area contributed by atoms with Gasteiger partial charge in [0.1, 0.15) is 0 Å². The number of rotatable bonds is 4. The van der Waals surface area contributed by atoms with Gasteiger partial charge in [0.2, 0.25) is 0 Å². The second-order valence-electron chi connectivity index (χ2n) is 4.55. The van der Waals surface area contributed by atoms with Crippen molar-refractivity contribution >= 4 is 10.8 Å². The number of fused-ring (bicyclic) bond motifs is 1. The Bertz CT molecular complexity index is 718. The summed E-state index contributed by atoms with van der Waals surface area (Å²) in [6.45, 7) is 0.356. The summed E-state index contributed by atoms with van der Waals surface area (Å²) in [4.78, 5) is 4.37. The molecule has 1 atom stereocenters. The average molecular weight is 269 g/mol. The summed E-state index contributed by atoms with van der Waals surface area (Å²) >= 11 is 0. The van der Waals surface area contributed by atoms with Crippen molar-refractivity contribution in [3.05, 3.63) is 48.3 Å². The van der Waals surface area contributed by atoms with Crippen molar-refractivity contribution in [2.45, 2.75) is 6.04 Å². The van der Waals surface area contributed by atoms with E-state index in [9.17, 15) is 0 Å². The SMILES string of the molecule is COCC(N)c1noc(-c2cccc3ccccc23)n1. The van der Waals surface area contributed by atoms with Crippen LogP contribution in [0.3, 0.4) is 0 Å². The highest BCUT2D eigenvalue weighted by atomic mass is 16.5. The summed E-state index contributed by atoms with van der Waals surface area (Å²) in [7, 11) is 1.59. The van der Waals surface area contributed by atoms with E-state index in [0.717, 1.165) is 16.3 Å². The van der Waals surface area contributed by atoms with Crippen molar-refractivity contribution < 1.29 is 9.26 Å². The van der Waals surface area contributed by atoms with E-state index in [4.69, 9.17) is 15.0 Å². The van der Waals surface area contributed by atoms with Crippen molar-refractivity contribution in [3.63, 3.8) is 0 Å². The molecule has 0 bridgehead atoms. The molecule has 2 N–H and O–H groups in total. The Kier molecular flexibility index (Phi) is 3.45. The van der Waals surface area contributed by atoms with E-state index >= 15 is 0 Å². The summed E-state index contributed by atoms with van der Waals surface area (Å²) in [6, 6.07) is 13.7. The minimum atomic E-state index is -0.382. The van der Waals surface area contributed by atoms with Crippen LogP contribution in [-0.2, 0) is 4.74 Å². The summed E-state index contributed by atoms with van der Waals surface area (Å²) in [5, 5.41) is 6.13. The predicted molar refractivity (Wildman–Crippen MR) is 76.0 cm³/mol. The van der Waals surface area contributed by atoms with Gasteiger partial charge in [-0.05, 0) is 16.8 Å². The third kappa shape index (κ3) is 2.29. The molecule has 3 aromatic rings. The van der Waals surface area contributed by atoms with Gasteiger partial charge in [-0.3, -0.25) is 0 Å². The van der Waals surface area contributed by atoms with Crippen molar-refractivity contribution in [1.82, 2.24) is 10.1 Å². The van der Waals surface area contributed by atoms with Crippen LogP contribution >= 0.6 is 0 Å². The van der Waals surface area contributed by atoms with Crippen LogP contribution in [0, 0.1) is 0 Å². The number of aromatic nitrogens is 2. The molecule has 0 saturated heterocycles. The van der Waals surface area contributed by atoms with Gasteiger partial charge in [0, 0.05) is 12.7 Å². The lowest BCUT2D eigenvalue weighted by Crippen LogP contribution is -2.17. The van der Waals surface area contributed by atoms with Crippen LogP contribution in [0.5, 0.6) is 0 Å². The zero-order valence-electron chi connectivity index (χ0n) is 11.1. The predicted octanol–water partition coefficient (Wildman–Crippen LogP) is 2.54. The molecule has 0 radical (unpaired) electrons. The van der Waals surface area contributed by atoms with E-state index in [1.54, 1.807) is 7.11 Å². The highest BCUT2D eigenvalue weighted by molar-refractivity contribution is 5.94. The van der Waals surface area contributed by atoms with Gasteiger partial charge in [0.25, 0.3) is 5.89 Å². The third-order valence-corrected chi connectivity index (χ3v) is 3.14. The first-order valence-corrected chi connectivity index (χ1v) is 6.36. The lowest BCUT2D eigenvalue weighted by atomic mass is 10.0. The average Bonchev–Trinajstić information content (AvgIpc) is 2.97. The lowest BCUT2D eigenvalue weighted by Gasteiger charge is -2.03. The van der Waals surface area contributed by atoms with Crippen molar-refractivity contribution in [1.29, 1.82) is 0 Å². The van der Waals surface area contributed by atoms with Crippen LogP contribution in [0.25, 0.3) is 22.2 Å². The molecule has 2 aromatic carbocycles. The second kappa shape index (κ2) is 5.40. The van der Waals surface area contributed by atoms with Gasteiger partial charge < -0.3 is 15.0 Å². The Labute approximate surface area is 116 Å². The van der Waals surface area contributed by atoms with Gasteiger partial charge in [-0.1, -0.05) is 41.6 Å². The minimum absolute atomic E-state index is 0.356. The molecule has 5 heteroatoms. The lowest BCUT2D eigenvalue weighted by molar-refractivity contribution is 0.177. The first-order valence-electron chi connectivity index (χ1n) is 6.36. The maximum absolute atomic E-state index is 5.90. The molecule has 0 amide bonds. The first-order chi connectivity index (χ1) is 9.79. The molecule has 0 fully saturated rings. The molecular weight excluding hydrogens is 254 g/mol. The summed E-state index contributed by atoms with van der Waals surface area (Å²) in [6.07, 6.45) is 0. The molecule has 1 unspecified atom stereocenters. The van der Waals surface area contributed by atoms with Crippen LogP contribution in [-0.4, -0.2) is 23.9 Å². The fraction of sp³-hybridized carbons (Fsp3) is 0.200. The van der Waals surface area contributed by atoms with E-state index in [1.807, 2.05) is 42.5 Å². The fourth-order valence-corrected chi connectivity index (χ4v) is 2.16. The largest absolute Gasteiger partial charge is 0.383 e. The van der Waals surface area contributed by atoms with Crippen LogP contribution in [0.15, 0.2) is 47.0 Å². The van der Waals surface area contributed by atoms with Crippen molar-refractivity contribution in [2.75, 3.05) is 13.7 Å². The molecule has 20 heavy (non-hydrogen) atoms. The van der Waals surface area contributed by atoms with E-state index < -0.39 is 0 Å². The molecule has 0 saturated carbocycles. The Hall–Kier alpha value is -2.24. The molecule has 0 aliphatic heterocycles. The van der Waals surface area contributed by atoms with E-state index in [2.05, 4.69) is 10.1 Å². The number of nitrogens with two attached hydrogens (primary N) is 1. The van der Waals surface area contributed by atoms with E-state index in [-0.39, 0.29) is 6.04 Å². The molecule has 1 heterocycles. The topological polar surface area (TPSA) is 74.2 Å². The molecule has 5 nitrogen and oxygen atoms in total. The van der Waals surface area contributed by atoms with Crippen LogP contribution in [0.2, 0.25) is 0 Å².